The Hall–Kier alpha value is -1.56. The summed E-state index contributed by atoms with van der Waals surface area (Å²) in [5.41, 5.74) is 2.41. The molecule has 18 heavy (non-hydrogen) atoms. The summed E-state index contributed by atoms with van der Waals surface area (Å²) < 4.78 is 0. The Bertz CT molecular complexity index is 459. The van der Waals surface area contributed by atoms with E-state index in [1.54, 1.807) is 6.20 Å². The fourth-order valence-corrected chi connectivity index (χ4v) is 3.58. The van der Waals surface area contributed by atoms with Crippen molar-refractivity contribution in [1.82, 2.24) is 4.98 Å². The molecule has 0 radical (unpaired) electrons. The fraction of sp³-hybridized carbons (Fsp3) is 0.600. The number of nitrogens with zero attached hydrogens (tertiary/aromatic N) is 3. The van der Waals surface area contributed by atoms with E-state index in [1.807, 2.05) is 12.3 Å². The number of nitriles is 1. The van der Waals surface area contributed by atoms with Crippen LogP contribution in [0.15, 0.2) is 18.5 Å². The summed E-state index contributed by atoms with van der Waals surface area (Å²) in [6.07, 6.45) is 11.8. The first-order valence-electron chi connectivity index (χ1n) is 6.92. The number of pyridine rings is 1. The van der Waals surface area contributed by atoms with Crippen molar-refractivity contribution in [3.8, 4) is 6.07 Å². The van der Waals surface area contributed by atoms with Crippen LogP contribution < -0.4 is 4.90 Å². The molecule has 94 valence electrons. The summed E-state index contributed by atoms with van der Waals surface area (Å²) >= 11 is 0. The molecule has 0 atom stereocenters. The average Bonchev–Trinajstić information content (AvgIpc) is 2.88. The van der Waals surface area contributed by atoms with Crippen LogP contribution >= 0.6 is 0 Å². The third kappa shape index (κ3) is 1.96. The second-order valence-electron chi connectivity index (χ2n) is 5.70. The Kier molecular flexibility index (Phi) is 2.95. The lowest BCUT2D eigenvalue weighted by Crippen LogP contribution is -2.39. The molecule has 1 saturated heterocycles. The van der Waals surface area contributed by atoms with Crippen LogP contribution in [0.1, 0.15) is 44.1 Å². The minimum absolute atomic E-state index is 0.630. The van der Waals surface area contributed by atoms with E-state index >= 15 is 0 Å². The summed E-state index contributed by atoms with van der Waals surface area (Å²) in [5, 5.41) is 9.15. The Labute approximate surface area is 108 Å². The first-order valence-corrected chi connectivity index (χ1v) is 6.92. The molecule has 2 fully saturated rings. The summed E-state index contributed by atoms with van der Waals surface area (Å²) in [6, 6.07) is 4.09. The highest BCUT2D eigenvalue weighted by Crippen LogP contribution is 2.46. The largest absolute Gasteiger partial charge is 0.369 e. The normalized spacial score (nSPS) is 22.1. The Morgan fingerprint density at radius 1 is 1.17 bits per heavy atom. The second kappa shape index (κ2) is 4.61. The minimum Gasteiger partial charge on any atom is -0.369 e. The minimum atomic E-state index is 0.630. The summed E-state index contributed by atoms with van der Waals surface area (Å²) in [4.78, 5) is 6.51. The zero-order valence-corrected chi connectivity index (χ0v) is 10.7. The third-order valence-electron chi connectivity index (χ3n) is 4.75. The number of hydrogen-bond acceptors (Lipinski definition) is 3. The first-order chi connectivity index (χ1) is 8.83. The van der Waals surface area contributed by atoms with E-state index in [9.17, 15) is 0 Å². The first kappa shape index (κ1) is 11.5. The monoisotopic (exact) mass is 241 g/mol. The Morgan fingerprint density at radius 2 is 1.89 bits per heavy atom. The van der Waals surface area contributed by atoms with E-state index in [0.29, 0.717) is 5.41 Å². The molecular weight excluding hydrogens is 222 g/mol. The molecule has 0 bridgehead atoms. The van der Waals surface area contributed by atoms with Crippen molar-refractivity contribution < 1.29 is 0 Å². The molecule has 1 aromatic heterocycles. The lowest BCUT2D eigenvalue weighted by molar-refractivity contribution is 0.226. The van der Waals surface area contributed by atoms with Gasteiger partial charge in [0.15, 0.2) is 0 Å². The number of aromatic nitrogens is 1. The van der Waals surface area contributed by atoms with Gasteiger partial charge in [-0.25, -0.2) is 0 Å². The van der Waals surface area contributed by atoms with Crippen molar-refractivity contribution in [3.63, 3.8) is 0 Å². The van der Waals surface area contributed by atoms with E-state index < -0.39 is 0 Å². The van der Waals surface area contributed by atoms with Gasteiger partial charge in [0, 0.05) is 19.3 Å². The molecule has 2 aliphatic rings. The lowest BCUT2D eigenvalue weighted by atomic mass is 9.77. The molecule has 1 saturated carbocycles. The van der Waals surface area contributed by atoms with Crippen LogP contribution in [-0.2, 0) is 0 Å². The zero-order valence-electron chi connectivity index (χ0n) is 10.7. The molecular formula is C15H19N3. The SMILES string of the molecule is N#Cc1ccncc1N1CCC2(CCCC2)CC1. The predicted molar refractivity (Wildman–Crippen MR) is 71.3 cm³/mol. The van der Waals surface area contributed by atoms with Gasteiger partial charge in [-0.1, -0.05) is 12.8 Å². The third-order valence-corrected chi connectivity index (χ3v) is 4.75. The smallest absolute Gasteiger partial charge is 0.101 e. The van der Waals surface area contributed by atoms with Crippen molar-refractivity contribution in [2.24, 2.45) is 5.41 Å². The summed E-state index contributed by atoms with van der Waals surface area (Å²) in [5.74, 6) is 0. The molecule has 1 aliphatic carbocycles. The van der Waals surface area contributed by atoms with Gasteiger partial charge in [0.05, 0.1) is 17.4 Å². The van der Waals surface area contributed by atoms with Gasteiger partial charge in [0.25, 0.3) is 0 Å². The maximum atomic E-state index is 9.15. The summed E-state index contributed by atoms with van der Waals surface area (Å²) in [6.45, 7) is 2.17. The Balaban J connectivity index is 1.74. The molecule has 3 heteroatoms. The standard InChI is InChI=1S/C15H19N3/c16-11-13-3-8-17-12-14(13)18-9-6-15(7-10-18)4-1-2-5-15/h3,8,12H,1-2,4-7,9-10H2. The predicted octanol–water partition coefficient (Wildman–Crippen LogP) is 3.11. The Morgan fingerprint density at radius 3 is 2.56 bits per heavy atom. The molecule has 1 aliphatic heterocycles. The number of piperidine rings is 1. The molecule has 3 nitrogen and oxygen atoms in total. The van der Waals surface area contributed by atoms with Crippen LogP contribution in [0, 0.1) is 16.7 Å². The van der Waals surface area contributed by atoms with Crippen molar-refractivity contribution in [2.45, 2.75) is 38.5 Å². The van der Waals surface area contributed by atoms with Gasteiger partial charge < -0.3 is 4.90 Å². The van der Waals surface area contributed by atoms with Gasteiger partial charge in [-0.05, 0) is 37.2 Å². The van der Waals surface area contributed by atoms with Crippen molar-refractivity contribution >= 4 is 5.69 Å². The van der Waals surface area contributed by atoms with E-state index in [2.05, 4.69) is 16.0 Å². The number of anilines is 1. The lowest BCUT2D eigenvalue weighted by Gasteiger charge is -2.40. The molecule has 0 amide bonds. The van der Waals surface area contributed by atoms with Crippen LogP contribution in [0.2, 0.25) is 0 Å². The van der Waals surface area contributed by atoms with Crippen LogP contribution in [0.5, 0.6) is 0 Å². The van der Waals surface area contributed by atoms with Gasteiger partial charge >= 0.3 is 0 Å². The topological polar surface area (TPSA) is 39.9 Å². The van der Waals surface area contributed by atoms with E-state index in [0.717, 1.165) is 24.3 Å². The zero-order chi connectivity index (χ0) is 12.4. The molecule has 0 unspecified atom stereocenters. The molecule has 2 heterocycles. The van der Waals surface area contributed by atoms with Gasteiger partial charge in [-0.3, -0.25) is 4.98 Å². The van der Waals surface area contributed by atoms with Crippen molar-refractivity contribution in [3.05, 3.63) is 24.0 Å². The van der Waals surface area contributed by atoms with Crippen LogP contribution in [-0.4, -0.2) is 18.1 Å². The van der Waals surface area contributed by atoms with Crippen LogP contribution in [0.25, 0.3) is 0 Å². The molecule has 1 aromatic rings. The van der Waals surface area contributed by atoms with E-state index in [-0.39, 0.29) is 0 Å². The highest BCUT2D eigenvalue weighted by Gasteiger charge is 2.37. The van der Waals surface area contributed by atoms with Gasteiger partial charge in [0.1, 0.15) is 6.07 Å². The van der Waals surface area contributed by atoms with Crippen LogP contribution in [0.3, 0.4) is 0 Å². The van der Waals surface area contributed by atoms with Gasteiger partial charge in [-0.2, -0.15) is 5.26 Å². The van der Waals surface area contributed by atoms with Gasteiger partial charge in [-0.15, -0.1) is 0 Å². The summed E-state index contributed by atoms with van der Waals surface area (Å²) in [7, 11) is 0. The number of hydrogen-bond donors (Lipinski definition) is 0. The highest BCUT2D eigenvalue weighted by atomic mass is 15.1. The van der Waals surface area contributed by atoms with Crippen LogP contribution in [0.4, 0.5) is 5.69 Å². The number of rotatable bonds is 1. The maximum absolute atomic E-state index is 9.15. The van der Waals surface area contributed by atoms with E-state index in [1.165, 1.54) is 38.5 Å². The molecule has 0 aromatic carbocycles. The van der Waals surface area contributed by atoms with Gasteiger partial charge in [0.2, 0.25) is 0 Å². The molecule has 0 N–H and O–H groups in total. The molecule has 3 rings (SSSR count). The molecule has 1 spiro atoms. The highest BCUT2D eigenvalue weighted by molar-refractivity contribution is 5.57. The van der Waals surface area contributed by atoms with Crippen molar-refractivity contribution in [2.75, 3.05) is 18.0 Å². The quantitative estimate of drug-likeness (QED) is 0.758. The fourth-order valence-electron chi connectivity index (χ4n) is 3.58. The van der Waals surface area contributed by atoms with Crippen molar-refractivity contribution in [1.29, 1.82) is 5.26 Å². The maximum Gasteiger partial charge on any atom is 0.101 e. The van der Waals surface area contributed by atoms with E-state index in [4.69, 9.17) is 5.26 Å². The second-order valence-corrected chi connectivity index (χ2v) is 5.70. The average molecular weight is 241 g/mol.